The van der Waals surface area contributed by atoms with Crippen LogP contribution < -0.4 is 0 Å². The summed E-state index contributed by atoms with van der Waals surface area (Å²) in [4.78, 5) is 0. The lowest BCUT2D eigenvalue weighted by molar-refractivity contribution is 0.0516. The van der Waals surface area contributed by atoms with E-state index in [-0.39, 0.29) is 12.7 Å². The summed E-state index contributed by atoms with van der Waals surface area (Å²) in [5.74, 6) is 0. The normalized spacial score (nSPS) is 27.4. The molecule has 0 aliphatic carbocycles. The average molecular weight is 113 g/mol. The molecule has 45 valence electrons. The third kappa shape index (κ3) is 1.23. The van der Waals surface area contributed by atoms with Crippen LogP contribution in [0.25, 0.3) is 0 Å². The highest BCUT2D eigenvalue weighted by Gasteiger charge is 2.07. The molecule has 2 heteroatoms. The third-order valence-corrected chi connectivity index (χ3v) is 1.15. The summed E-state index contributed by atoms with van der Waals surface area (Å²) in [6.07, 6.45) is 6.34. The Hall–Kier alpha value is -0.500. The lowest BCUT2D eigenvalue weighted by Gasteiger charge is -2.14. The van der Waals surface area contributed by atoms with Crippen LogP contribution >= 0.6 is 0 Å². The second kappa shape index (κ2) is 2.72. The van der Waals surface area contributed by atoms with Crippen molar-refractivity contribution in [1.29, 1.82) is 0 Å². The molecule has 0 saturated carbocycles. The first-order valence-corrected chi connectivity index (χ1v) is 2.77. The van der Waals surface area contributed by atoms with Gasteiger partial charge < -0.3 is 9.84 Å². The summed E-state index contributed by atoms with van der Waals surface area (Å²) in [6, 6.07) is 0. The molecule has 1 atom stereocenters. The largest absolute Gasteiger partial charge is 0.484 e. The highest BCUT2D eigenvalue weighted by Crippen LogP contribution is 2.07. The Balaban J connectivity index is 2.27. The second-order valence-corrected chi connectivity index (χ2v) is 1.82. The summed E-state index contributed by atoms with van der Waals surface area (Å²) in [7, 11) is 0. The minimum absolute atomic E-state index is 0.000000000000000222. The number of ether oxygens (including phenoxy) is 1. The summed E-state index contributed by atoms with van der Waals surface area (Å²) < 4.78 is 4.87. The van der Waals surface area contributed by atoms with E-state index in [1.54, 1.807) is 0 Å². The van der Waals surface area contributed by atoms with Crippen LogP contribution in [-0.2, 0) is 4.74 Å². The fourth-order valence-electron chi connectivity index (χ4n) is 0.660. The Morgan fingerprint density at radius 2 is 2.75 bits per heavy atom. The molecule has 0 aromatic rings. The molecule has 1 radical (unpaired) electrons. The van der Waals surface area contributed by atoms with E-state index in [0.29, 0.717) is 0 Å². The van der Waals surface area contributed by atoms with Crippen LogP contribution in [0, 0.1) is 6.26 Å². The molecule has 1 N–H and O–H groups in total. The SMILES string of the molecule is OCC1CCC=[C]O1. The molecule has 1 heterocycles. The molecule has 0 spiro atoms. The van der Waals surface area contributed by atoms with Crippen LogP contribution in [0.3, 0.4) is 0 Å². The maximum atomic E-state index is 8.51. The zero-order valence-corrected chi connectivity index (χ0v) is 4.63. The van der Waals surface area contributed by atoms with Crippen molar-refractivity contribution in [3.8, 4) is 0 Å². The van der Waals surface area contributed by atoms with E-state index < -0.39 is 0 Å². The minimum atomic E-state index is -0.000000000000000222. The maximum absolute atomic E-state index is 8.51. The number of aliphatic hydroxyl groups is 1. The fraction of sp³-hybridized carbons (Fsp3) is 0.667. The standard InChI is InChI=1S/C6H9O2/c7-5-6-3-1-2-4-8-6/h2,6-7H,1,3,5H2. The van der Waals surface area contributed by atoms with Crippen molar-refractivity contribution in [1.82, 2.24) is 0 Å². The van der Waals surface area contributed by atoms with Crippen molar-refractivity contribution >= 4 is 0 Å². The van der Waals surface area contributed by atoms with Gasteiger partial charge in [0.2, 0.25) is 0 Å². The number of hydrogen-bond acceptors (Lipinski definition) is 2. The molecule has 0 aromatic carbocycles. The number of rotatable bonds is 1. The predicted octanol–water partition coefficient (Wildman–Crippen LogP) is 0.475. The summed E-state index contributed by atoms with van der Waals surface area (Å²) in [6.45, 7) is 0.112. The number of hydrogen-bond donors (Lipinski definition) is 1. The summed E-state index contributed by atoms with van der Waals surface area (Å²) in [5, 5.41) is 8.51. The quantitative estimate of drug-likeness (QED) is 0.535. The molecule has 0 fully saturated rings. The zero-order valence-electron chi connectivity index (χ0n) is 4.63. The second-order valence-electron chi connectivity index (χ2n) is 1.82. The first-order chi connectivity index (χ1) is 3.93. The van der Waals surface area contributed by atoms with Crippen molar-refractivity contribution in [2.75, 3.05) is 6.61 Å². The van der Waals surface area contributed by atoms with Gasteiger partial charge in [0.05, 0.1) is 6.61 Å². The van der Waals surface area contributed by atoms with Crippen LogP contribution in [0.5, 0.6) is 0 Å². The van der Waals surface area contributed by atoms with Crippen molar-refractivity contribution in [2.45, 2.75) is 18.9 Å². The Labute approximate surface area is 48.8 Å². The Bertz CT molecular complexity index is 88.5. The van der Waals surface area contributed by atoms with Crippen molar-refractivity contribution < 1.29 is 9.84 Å². The van der Waals surface area contributed by atoms with E-state index in [0.717, 1.165) is 12.8 Å². The molecule has 2 nitrogen and oxygen atoms in total. The van der Waals surface area contributed by atoms with Crippen molar-refractivity contribution in [3.63, 3.8) is 0 Å². The van der Waals surface area contributed by atoms with Crippen LogP contribution in [0.4, 0.5) is 0 Å². The van der Waals surface area contributed by atoms with Crippen molar-refractivity contribution in [2.24, 2.45) is 0 Å². The molecule has 1 unspecified atom stereocenters. The van der Waals surface area contributed by atoms with E-state index in [1.807, 2.05) is 6.08 Å². The van der Waals surface area contributed by atoms with E-state index in [9.17, 15) is 0 Å². The van der Waals surface area contributed by atoms with Gasteiger partial charge in [-0.15, -0.1) is 0 Å². The molecule has 1 aliphatic rings. The third-order valence-electron chi connectivity index (χ3n) is 1.15. The van der Waals surface area contributed by atoms with Gasteiger partial charge in [0.1, 0.15) is 6.10 Å². The molecule has 0 aromatic heterocycles. The van der Waals surface area contributed by atoms with Crippen LogP contribution in [0.15, 0.2) is 6.08 Å². The topological polar surface area (TPSA) is 29.5 Å². The van der Waals surface area contributed by atoms with Crippen LogP contribution in [0.2, 0.25) is 0 Å². The van der Waals surface area contributed by atoms with Gasteiger partial charge in [0.15, 0.2) is 6.26 Å². The first-order valence-electron chi connectivity index (χ1n) is 2.77. The summed E-state index contributed by atoms with van der Waals surface area (Å²) >= 11 is 0. The molecular weight excluding hydrogens is 104 g/mol. The Morgan fingerprint density at radius 1 is 1.88 bits per heavy atom. The van der Waals surface area contributed by atoms with Gasteiger partial charge in [0.25, 0.3) is 0 Å². The summed E-state index contributed by atoms with van der Waals surface area (Å²) in [5.41, 5.74) is 0. The smallest absolute Gasteiger partial charge is 0.157 e. The van der Waals surface area contributed by atoms with E-state index >= 15 is 0 Å². The monoisotopic (exact) mass is 113 g/mol. The number of aliphatic hydroxyl groups excluding tert-OH is 1. The maximum Gasteiger partial charge on any atom is 0.157 e. The molecule has 1 rings (SSSR count). The van der Waals surface area contributed by atoms with Gasteiger partial charge >= 0.3 is 0 Å². The van der Waals surface area contributed by atoms with Crippen molar-refractivity contribution in [3.05, 3.63) is 12.3 Å². The Kier molecular flexibility index (Phi) is 1.92. The molecule has 0 saturated heterocycles. The van der Waals surface area contributed by atoms with Crippen LogP contribution in [0.1, 0.15) is 12.8 Å². The Morgan fingerprint density at radius 3 is 3.12 bits per heavy atom. The highest BCUT2D eigenvalue weighted by atomic mass is 16.5. The van der Waals surface area contributed by atoms with Gasteiger partial charge in [-0.1, -0.05) is 0 Å². The molecular formula is C6H9O2. The average Bonchev–Trinajstić information content (AvgIpc) is 1.90. The van der Waals surface area contributed by atoms with Crippen LogP contribution in [-0.4, -0.2) is 17.8 Å². The highest BCUT2D eigenvalue weighted by molar-refractivity contribution is 4.76. The molecule has 1 aliphatic heterocycles. The van der Waals surface area contributed by atoms with E-state index in [2.05, 4.69) is 6.26 Å². The first kappa shape index (κ1) is 5.63. The molecule has 0 bridgehead atoms. The van der Waals surface area contributed by atoms with Gasteiger partial charge in [-0.05, 0) is 18.9 Å². The molecule has 8 heavy (non-hydrogen) atoms. The van der Waals surface area contributed by atoms with Gasteiger partial charge in [-0.2, -0.15) is 0 Å². The van der Waals surface area contributed by atoms with Gasteiger partial charge in [-0.25, -0.2) is 0 Å². The lowest BCUT2D eigenvalue weighted by Crippen LogP contribution is -2.16. The fourth-order valence-corrected chi connectivity index (χ4v) is 0.660. The minimum Gasteiger partial charge on any atom is -0.484 e. The number of allylic oxidation sites excluding steroid dienone is 1. The van der Waals surface area contributed by atoms with Gasteiger partial charge in [-0.3, -0.25) is 0 Å². The predicted molar refractivity (Wildman–Crippen MR) is 29.0 cm³/mol. The van der Waals surface area contributed by atoms with Gasteiger partial charge in [0, 0.05) is 0 Å². The lowest BCUT2D eigenvalue weighted by atomic mass is 10.2. The zero-order chi connectivity index (χ0) is 5.82. The van der Waals surface area contributed by atoms with E-state index in [1.165, 1.54) is 0 Å². The van der Waals surface area contributed by atoms with E-state index in [4.69, 9.17) is 9.84 Å². The molecule has 0 amide bonds.